The lowest BCUT2D eigenvalue weighted by molar-refractivity contribution is -0.116. The van der Waals surface area contributed by atoms with Crippen molar-refractivity contribution >= 4 is 48.3 Å². The van der Waals surface area contributed by atoms with Gasteiger partial charge in [-0.15, -0.1) is 0 Å². The zero-order chi connectivity index (χ0) is 19.6. The fourth-order valence-electron chi connectivity index (χ4n) is 2.76. The Labute approximate surface area is 162 Å². The van der Waals surface area contributed by atoms with Gasteiger partial charge < -0.3 is 5.32 Å². The number of benzene rings is 2. The maximum Gasteiger partial charge on any atom is 0.262 e. The maximum atomic E-state index is 12.7. The number of rotatable bonds is 6. The SMILES string of the molecule is CCCC(=O)Nc1nc2cc(NS(=O)(=O)c3ccc(C)cc3C)ccc2s1. The number of anilines is 2. The summed E-state index contributed by atoms with van der Waals surface area (Å²) in [6.45, 7) is 5.63. The summed E-state index contributed by atoms with van der Waals surface area (Å²) in [5, 5.41) is 3.28. The van der Waals surface area contributed by atoms with Gasteiger partial charge in [0.2, 0.25) is 5.91 Å². The number of sulfonamides is 1. The molecule has 0 aliphatic carbocycles. The number of nitrogens with zero attached hydrogens (tertiary/aromatic N) is 1. The van der Waals surface area contributed by atoms with Gasteiger partial charge in [-0.1, -0.05) is 36.0 Å². The van der Waals surface area contributed by atoms with E-state index in [1.165, 1.54) is 11.3 Å². The second-order valence-electron chi connectivity index (χ2n) is 6.37. The summed E-state index contributed by atoms with van der Waals surface area (Å²) in [6, 6.07) is 10.4. The molecule has 0 fully saturated rings. The molecule has 3 rings (SSSR count). The lowest BCUT2D eigenvalue weighted by Crippen LogP contribution is -2.14. The van der Waals surface area contributed by atoms with E-state index in [1.54, 1.807) is 37.3 Å². The summed E-state index contributed by atoms with van der Waals surface area (Å²) in [4.78, 5) is 16.3. The number of hydrogen-bond donors (Lipinski definition) is 2. The van der Waals surface area contributed by atoms with Gasteiger partial charge >= 0.3 is 0 Å². The minimum atomic E-state index is -3.69. The van der Waals surface area contributed by atoms with Crippen LogP contribution < -0.4 is 10.0 Å². The van der Waals surface area contributed by atoms with Crippen LogP contribution in [0.3, 0.4) is 0 Å². The topological polar surface area (TPSA) is 88.2 Å². The highest BCUT2D eigenvalue weighted by Crippen LogP contribution is 2.29. The van der Waals surface area contributed by atoms with Gasteiger partial charge in [-0.05, 0) is 50.1 Å². The molecule has 2 aromatic carbocycles. The molecule has 1 aromatic heterocycles. The highest BCUT2D eigenvalue weighted by molar-refractivity contribution is 7.92. The highest BCUT2D eigenvalue weighted by Gasteiger charge is 2.17. The van der Waals surface area contributed by atoms with Gasteiger partial charge in [0.1, 0.15) is 0 Å². The van der Waals surface area contributed by atoms with E-state index in [0.29, 0.717) is 28.3 Å². The van der Waals surface area contributed by atoms with Gasteiger partial charge in [0.15, 0.2) is 5.13 Å². The van der Waals surface area contributed by atoms with E-state index in [1.807, 2.05) is 19.9 Å². The number of nitrogens with one attached hydrogen (secondary N) is 2. The smallest absolute Gasteiger partial charge is 0.262 e. The fraction of sp³-hybridized carbons (Fsp3) is 0.263. The number of amides is 1. The third kappa shape index (κ3) is 4.45. The molecule has 3 aromatic rings. The number of hydrogen-bond acceptors (Lipinski definition) is 5. The number of fused-ring (bicyclic) bond motifs is 1. The largest absolute Gasteiger partial charge is 0.302 e. The quantitative estimate of drug-likeness (QED) is 0.636. The van der Waals surface area contributed by atoms with Crippen LogP contribution in [0.2, 0.25) is 0 Å². The van der Waals surface area contributed by atoms with Gasteiger partial charge in [-0.2, -0.15) is 0 Å². The molecule has 2 N–H and O–H groups in total. The van der Waals surface area contributed by atoms with E-state index in [-0.39, 0.29) is 10.8 Å². The van der Waals surface area contributed by atoms with Gasteiger partial charge in [0, 0.05) is 6.42 Å². The first-order valence-electron chi connectivity index (χ1n) is 8.59. The van der Waals surface area contributed by atoms with E-state index in [9.17, 15) is 13.2 Å². The van der Waals surface area contributed by atoms with Crippen LogP contribution >= 0.6 is 11.3 Å². The third-order valence-electron chi connectivity index (χ3n) is 3.98. The van der Waals surface area contributed by atoms with Crippen molar-refractivity contribution in [1.82, 2.24) is 4.98 Å². The molecule has 0 bridgehead atoms. The molecule has 1 heterocycles. The number of thiazole rings is 1. The molecular weight excluding hydrogens is 382 g/mol. The predicted molar refractivity (Wildman–Crippen MR) is 110 cm³/mol. The predicted octanol–water partition coefficient (Wildman–Crippen LogP) is 4.45. The minimum Gasteiger partial charge on any atom is -0.302 e. The first-order chi connectivity index (χ1) is 12.8. The summed E-state index contributed by atoms with van der Waals surface area (Å²) >= 11 is 1.36. The Balaban J connectivity index is 1.85. The van der Waals surface area contributed by atoms with Crippen LogP contribution in [0.15, 0.2) is 41.3 Å². The fourth-order valence-corrected chi connectivity index (χ4v) is 4.90. The van der Waals surface area contributed by atoms with Crippen molar-refractivity contribution < 1.29 is 13.2 Å². The molecule has 1 amide bonds. The molecule has 142 valence electrons. The first-order valence-corrected chi connectivity index (χ1v) is 10.9. The Morgan fingerprint density at radius 1 is 1.15 bits per heavy atom. The van der Waals surface area contributed by atoms with Crippen LogP contribution in [-0.4, -0.2) is 19.3 Å². The molecule has 8 heteroatoms. The molecule has 0 aliphatic rings. The number of carbonyl (C=O) groups excluding carboxylic acids is 1. The van der Waals surface area contributed by atoms with E-state index in [2.05, 4.69) is 15.0 Å². The summed E-state index contributed by atoms with van der Waals surface area (Å²) in [7, 11) is -3.69. The van der Waals surface area contributed by atoms with Crippen molar-refractivity contribution in [2.24, 2.45) is 0 Å². The Hall–Kier alpha value is -2.45. The summed E-state index contributed by atoms with van der Waals surface area (Å²) in [5.41, 5.74) is 2.76. The molecule has 0 atom stereocenters. The second-order valence-corrected chi connectivity index (χ2v) is 9.06. The average molecular weight is 404 g/mol. The van der Waals surface area contributed by atoms with E-state index in [0.717, 1.165) is 16.7 Å². The van der Waals surface area contributed by atoms with Crippen LogP contribution in [0.4, 0.5) is 10.8 Å². The van der Waals surface area contributed by atoms with Crippen molar-refractivity contribution in [3.05, 3.63) is 47.5 Å². The minimum absolute atomic E-state index is 0.0765. The van der Waals surface area contributed by atoms with Crippen LogP contribution in [0, 0.1) is 13.8 Å². The molecule has 0 spiro atoms. The van der Waals surface area contributed by atoms with Gasteiger partial charge in [0.25, 0.3) is 10.0 Å². The normalized spacial score (nSPS) is 11.5. The van der Waals surface area contributed by atoms with Gasteiger partial charge in [-0.3, -0.25) is 9.52 Å². The number of aromatic nitrogens is 1. The summed E-state index contributed by atoms with van der Waals surface area (Å²) < 4.78 is 28.9. The van der Waals surface area contributed by atoms with Crippen LogP contribution in [-0.2, 0) is 14.8 Å². The zero-order valence-electron chi connectivity index (χ0n) is 15.4. The van der Waals surface area contributed by atoms with Crippen molar-refractivity contribution in [2.45, 2.75) is 38.5 Å². The molecular formula is C19H21N3O3S2. The molecule has 0 unspecified atom stereocenters. The third-order valence-corrected chi connectivity index (χ3v) is 6.48. The van der Waals surface area contributed by atoms with Crippen LogP contribution in [0.25, 0.3) is 10.2 Å². The van der Waals surface area contributed by atoms with E-state index < -0.39 is 10.0 Å². The second kappa shape index (κ2) is 7.66. The molecule has 0 radical (unpaired) electrons. The number of aryl methyl sites for hydroxylation is 2. The molecule has 27 heavy (non-hydrogen) atoms. The van der Waals surface area contributed by atoms with Gasteiger partial charge in [0.05, 0.1) is 20.8 Å². The lowest BCUT2D eigenvalue weighted by atomic mass is 10.2. The van der Waals surface area contributed by atoms with Crippen LogP contribution in [0.5, 0.6) is 0 Å². The van der Waals surface area contributed by atoms with Crippen molar-refractivity contribution in [1.29, 1.82) is 0 Å². The molecule has 0 aliphatic heterocycles. The highest BCUT2D eigenvalue weighted by atomic mass is 32.2. The standard InChI is InChI=1S/C19H21N3O3S2/c1-4-5-18(23)21-19-20-15-11-14(7-8-16(15)26-19)22-27(24,25)17-9-6-12(2)10-13(17)3/h6-11,22H,4-5H2,1-3H3,(H,20,21,23). The Morgan fingerprint density at radius 2 is 1.93 bits per heavy atom. The van der Waals surface area contributed by atoms with Crippen LogP contribution in [0.1, 0.15) is 30.9 Å². The molecule has 0 saturated carbocycles. The lowest BCUT2D eigenvalue weighted by Gasteiger charge is -2.11. The molecule has 0 saturated heterocycles. The monoisotopic (exact) mass is 403 g/mol. The summed E-state index contributed by atoms with van der Waals surface area (Å²) in [6.07, 6.45) is 1.21. The van der Waals surface area contributed by atoms with E-state index in [4.69, 9.17) is 0 Å². The Kier molecular flexibility index (Phi) is 5.48. The van der Waals surface area contributed by atoms with Crippen molar-refractivity contribution in [3.63, 3.8) is 0 Å². The average Bonchev–Trinajstić information content (AvgIpc) is 2.95. The van der Waals surface area contributed by atoms with Crippen molar-refractivity contribution in [3.8, 4) is 0 Å². The van der Waals surface area contributed by atoms with Gasteiger partial charge in [-0.25, -0.2) is 13.4 Å². The summed E-state index contributed by atoms with van der Waals surface area (Å²) in [5.74, 6) is -0.0765. The Morgan fingerprint density at radius 3 is 2.63 bits per heavy atom. The van der Waals surface area contributed by atoms with Crippen molar-refractivity contribution in [2.75, 3.05) is 10.0 Å². The number of carbonyl (C=O) groups is 1. The molecule has 6 nitrogen and oxygen atoms in total. The first kappa shape index (κ1) is 19.3. The maximum absolute atomic E-state index is 12.7. The Bertz CT molecular complexity index is 1100. The van der Waals surface area contributed by atoms with E-state index >= 15 is 0 Å². The zero-order valence-corrected chi connectivity index (χ0v) is 17.0.